The van der Waals surface area contributed by atoms with Crippen molar-refractivity contribution in [2.75, 3.05) is 20.1 Å². The largest absolute Gasteiger partial charge is 0.416 e. The van der Waals surface area contributed by atoms with Crippen molar-refractivity contribution in [3.05, 3.63) is 35.4 Å². The zero-order chi connectivity index (χ0) is 11.8. The molecule has 1 aromatic rings. The van der Waals surface area contributed by atoms with E-state index in [0.717, 1.165) is 18.7 Å². The van der Waals surface area contributed by atoms with Gasteiger partial charge in [-0.1, -0.05) is 12.1 Å². The lowest BCUT2D eigenvalue weighted by atomic mass is 10.1. The van der Waals surface area contributed by atoms with Crippen LogP contribution in [-0.4, -0.2) is 30.9 Å². The monoisotopic (exact) mass is 228 g/mol. The third-order valence-electron chi connectivity index (χ3n) is 2.51. The third kappa shape index (κ3) is 2.03. The van der Waals surface area contributed by atoms with Crippen LogP contribution in [0.25, 0.3) is 0 Å². The molecule has 0 unspecified atom stereocenters. The second-order valence-corrected chi connectivity index (χ2v) is 3.71. The fraction of sp³-hybridized carbons (Fsp3) is 0.364. The molecule has 16 heavy (non-hydrogen) atoms. The predicted molar refractivity (Wildman–Crippen MR) is 55.5 cm³/mol. The number of halogens is 3. The maximum atomic E-state index is 12.5. The number of amidine groups is 1. The van der Waals surface area contributed by atoms with Crippen molar-refractivity contribution in [2.24, 2.45) is 4.99 Å². The van der Waals surface area contributed by atoms with Crippen molar-refractivity contribution in [1.82, 2.24) is 4.90 Å². The summed E-state index contributed by atoms with van der Waals surface area (Å²) >= 11 is 0. The molecule has 0 atom stereocenters. The average molecular weight is 228 g/mol. The first-order valence-electron chi connectivity index (χ1n) is 4.92. The van der Waals surface area contributed by atoms with Gasteiger partial charge in [0.1, 0.15) is 5.84 Å². The summed E-state index contributed by atoms with van der Waals surface area (Å²) in [5, 5.41) is 0. The van der Waals surface area contributed by atoms with Gasteiger partial charge in [0, 0.05) is 19.2 Å². The number of hydrogen-bond acceptors (Lipinski definition) is 2. The first-order chi connectivity index (χ1) is 7.48. The van der Waals surface area contributed by atoms with Gasteiger partial charge < -0.3 is 4.90 Å². The second kappa shape index (κ2) is 3.81. The quantitative estimate of drug-likeness (QED) is 0.720. The maximum Gasteiger partial charge on any atom is 0.416 e. The van der Waals surface area contributed by atoms with Crippen molar-refractivity contribution in [1.29, 1.82) is 0 Å². The smallest absolute Gasteiger partial charge is 0.358 e. The molecule has 5 heteroatoms. The van der Waals surface area contributed by atoms with Crippen molar-refractivity contribution < 1.29 is 13.2 Å². The maximum absolute atomic E-state index is 12.5. The molecule has 0 N–H and O–H groups in total. The topological polar surface area (TPSA) is 15.6 Å². The van der Waals surface area contributed by atoms with E-state index in [-0.39, 0.29) is 0 Å². The summed E-state index contributed by atoms with van der Waals surface area (Å²) in [4.78, 5) is 6.04. The van der Waals surface area contributed by atoms with Gasteiger partial charge in [-0.2, -0.15) is 13.2 Å². The third-order valence-corrected chi connectivity index (χ3v) is 2.51. The molecule has 0 aromatic heterocycles. The van der Waals surface area contributed by atoms with Gasteiger partial charge in [0.2, 0.25) is 0 Å². The van der Waals surface area contributed by atoms with E-state index in [1.54, 1.807) is 6.07 Å². The van der Waals surface area contributed by atoms with E-state index in [1.807, 2.05) is 11.9 Å². The van der Waals surface area contributed by atoms with Gasteiger partial charge in [0.15, 0.2) is 0 Å². The fourth-order valence-corrected chi connectivity index (χ4v) is 1.68. The van der Waals surface area contributed by atoms with E-state index < -0.39 is 11.7 Å². The van der Waals surface area contributed by atoms with Crippen LogP contribution in [0.5, 0.6) is 0 Å². The van der Waals surface area contributed by atoms with Gasteiger partial charge in [0.25, 0.3) is 0 Å². The van der Waals surface area contributed by atoms with Gasteiger partial charge in [0.05, 0.1) is 12.1 Å². The van der Waals surface area contributed by atoms with E-state index in [0.29, 0.717) is 17.9 Å². The summed E-state index contributed by atoms with van der Waals surface area (Å²) in [7, 11) is 1.83. The lowest BCUT2D eigenvalue weighted by Crippen LogP contribution is -2.23. The Bertz CT molecular complexity index is 423. The highest BCUT2D eigenvalue weighted by Crippen LogP contribution is 2.29. The number of alkyl halides is 3. The number of benzene rings is 1. The summed E-state index contributed by atoms with van der Waals surface area (Å²) < 4.78 is 37.5. The van der Waals surface area contributed by atoms with E-state index >= 15 is 0 Å². The highest BCUT2D eigenvalue weighted by Gasteiger charge is 2.31. The molecule has 0 radical (unpaired) electrons. The molecule has 1 aliphatic heterocycles. The van der Waals surface area contributed by atoms with E-state index in [9.17, 15) is 13.2 Å². The normalized spacial score (nSPS) is 16.5. The Morgan fingerprint density at radius 1 is 1.31 bits per heavy atom. The first kappa shape index (κ1) is 11.0. The van der Waals surface area contributed by atoms with Crippen LogP contribution in [-0.2, 0) is 6.18 Å². The SMILES string of the molecule is CN1CCN=C1c1cccc(C(F)(F)F)c1. The lowest BCUT2D eigenvalue weighted by Gasteiger charge is -2.15. The summed E-state index contributed by atoms with van der Waals surface area (Å²) in [6, 6.07) is 5.27. The average Bonchev–Trinajstić information content (AvgIpc) is 2.63. The highest BCUT2D eigenvalue weighted by molar-refractivity contribution is 5.99. The molecule has 0 saturated heterocycles. The minimum atomic E-state index is -4.30. The summed E-state index contributed by atoms with van der Waals surface area (Å²) in [6.45, 7) is 1.40. The molecule has 86 valence electrons. The highest BCUT2D eigenvalue weighted by atomic mass is 19.4. The Morgan fingerprint density at radius 2 is 2.06 bits per heavy atom. The van der Waals surface area contributed by atoms with Crippen LogP contribution in [0.3, 0.4) is 0 Å². The first-order valence-corrected chi connectivity index (χ1v) is 4.92. The Labute approximate surface area is 91.4 Å². The van der Waals surface area contributed by atoms with Gasteiger partial charge >= 0.3 is 6.18 Å². The minimum absolute atomic E-state index is 0.523. The van der Waals surface area contributed by atoms with Crippen molar-refractivity contribution in [2.45, 2.75) is 6.18 Å². The molecular formula is C11H11F3N2. The summed E-state index contributed by atoms with van der Waals surface area (Å²) in [5.41, 5.74) is -0.108. The van der Waals surface area contributed by atoms with Crippen LogP contribution in [0, 0.1) is 0 Å². The summed E-state index contributed by atoms with van der Waals surface area (Å²) in [6.07, 6.45) is -4.30. The van der Waals surface area contributed by atoms with Crippen molar-refractivity contribution in [3.63, 3.8) is 0 Å². The van der Waals surface area contributed by atoms with Gasteiger partial charge in [-0.15, -0.1) is 0 Å². The molecule has 0 aliphatic carbocycles. The van der Waals surface area contributed by atoms with Gasteiger partial charge in [-0.05, 0) is 12.1 Å². The number of hydrogen-bond donors (Lipinski definition) is 0. The molecule has 0 bridgehead atoms. The van der Waals surface area contributed by atoms with Crippen LogP contribution in [0.15, 0.2) is 29.3 Å². The molecule has 1 aliphatic rings. The molecule has 0 saturated carbocycles. The Kier molecular flexibility index (Phi) is 2.61. The van der Waals surface area contributed by atoms with Crippen LogP contribution in [0.4, 0.5) is 13.2 Å². The van der Waals surface area contributed by atoms with E-state index in [2.05, 4.69) is 4.99 Å². The van der Waals surface area contributed by atoms with Gasteiger partial charge in [-0.3, -0.25) is 4.99 Å². The Hall–Kier alpha value is -1.52. The lowest BCUT2D eigenvalue weighted by molar-refractivity contribution is -0.137. The zero-order valence-electron chi connectivity index (χ0n) is 8.75. The van der Waals surface area contributed by atoms with Crippen LogP contribution < -0.4 is 0 Å². The van der Waals surface area contributed by atoms with E-state index in [4.69, 9.17) is 0 Å². The molecule has 1 aromatic carbocycles. The van der Waals surface area contributed by atoms with Crippen molar-refractivity contribution in [3.8, 4) is 0 Å². The van der Waals surface area contributed by atoms with Crippen LogP contribution in [0.1, 0.15) is 11.1 Å². The standard InChI is InChI=1S/C11H11F3N2/c1-16-6-5-15-10(16)8-3-2-4-9(7-8)11(12,13)14/h2-4,7H,5-6H2,1H3. The van der Waals surface area contributed by atoms with Crippen molar-refractivity contribution >= 4 is 5.84 Å². The molecule has 2 rings (SSSR count). The second-order valence-electron chi connectivity index (χ2n) is 3.71. The molecule has 0 amide bonds. The van der Waals surface area contributed by atoms with Gasteiger partial charge in [-0.25, -0.2) is 0 Å². The molecule has 1 heterocycles. The molecule has 2 nitrogen and oxygen atoms in total. The van der Waals surface area contributed by atoms with Crippen LogP contribution >= 0.6 is 0 Å². The Balaban J connectivity index is 2.37. The number of nitrogens with zero attached hydrogens (tertiary/aromatic N) is 2. The minimum Gasteiger partial charge on any atom is -0.358 e. The predicted octanol–water partition coefficient (Wildman–Crippen LogP) is 2.40. The van der Waals surface area contributed by atoms with Crippen LogP contribution in [0.2, 0.25) is 0 Å². The number of rotatable bonds is 1. The number of likely N-dealkylation sites (N-methyl/N-ethyl adjacent to an activating group) is 1. The molecule has 0 spiro atoms. The molecule has 0 fully saturated rings. The fourth-order valence-electron chi connectivity index (χ4n) is 1.68. The number of aliphatic imine (C=N–C) groups is 1. The Morgan fingerprint density at radius 3 is 2.62 bits per heavy atom. The van der Waals surface area contributed by atoms with E-state index in [1.165, 1.54) is 6.07 Å². The zero-order valence-corrected chi connectivity index (χ0v) is 8.75. The molecular weight excluding hydrogens is 217 g/mol. The summed E-state index contributed by atoms with van der Waals surface area (Å²) in [5.74, 6) is 0.631.